The van der Waals surface area contributed by atoms with E-state index in [2.05, 4.69) is 30.1 Å². The number of ether oxygens (including phenoxy) is 1. The zero-order valence-electron chi connectivity index (χ0n) is 11.5. The van der Waals surface area contributed by atoms with Crippen LogP contribution < -0.4 is 4.74 Å². The molecule has 3 rings (SSSR count). The van der Waals surface area contributed by atoms with E-state index in [9.17, 15) is 0 Å². The van der Waals surface area contributed by atoms with Crippen molar-refractivity contribution < 1.29 is 4.74 Å². The van der Waals surface area contributed by atoms with Gasteiger partial charge in [-0.25, -0.2) is 0 Å². The molecule has 1 heterocycles. The first-order valence-electron chi connectivity index (χ1n) is 7.15. The van der Waals surface area contributed by atoms with Gasteiger partial charge in [0.15, 0.2) is 0 Å². The van der Waals surface area contributed by atoms with Gasteiger partial charge in [-0.1, -0.05) is 6.07 Å². The molecule has 1 aromatic carbocycles. The molecule has 2 nitrogen and oxygen atoms in total. The molecule has 2 atom stereocenters. The number of hydrogen-bond donors (Lipinski definition) is 0. The SMILES string of the molecule is COc1ccc2c(c1)C(C[C@@H]1CCCN1C)CC2. The molecular formula is C16H23NO. The Bertz CT molecular complexity index is 429. The highest BCUT2D eigenvalue weighted by molar-refractivity contribution is 5.41. The van der Waals surface area contributed by atoms with Gasteiger partial charge in [-0.2, -0.15) is 0 Å². The lowest BCUT2D eigenvalue weighted by molar-refractivity contribution is 0.281. The van der Waals surface area contributed by atoms with E-state index in [0.717, 1.165) is 17.7 Å². The number of rotatable bonds is 3. The Morgan fingerprint density at radius 1 is 1.33 bits per heavy atom. The standard InChI is InChI=1S/C16H23NO/c1-17-9-3-4-14(17)10-13-6-5-12-7-8-15(18-2)11-16(12)13/h7-8,11,13-14H,3-6,9-10H2,1-2H3/t13?,14-/m0/s1. The summed E-state index contributed by atoms with van der Waals surface area (Å²) in [4.78, 5) is 2.54. The third-order valence-electron chi connectivity index (χ3n) is 4.78. The highest BCUT2D eigenvalue weighted by atomic mass is 16.5. The van der Waals surface area contributed by atoms with Crippen molar-refractivity contribution in [3.8, 4) is 5.75 Å². The average Bonchev–Trinajstić information content (AvgIpc) is 2.97. The number of benzene rings is 1. The number of nitrogens with zero attached hydrogens (tertiary/aromatic N) is 1. The predicted octanol–water partition coefficient (Wildman–Crippen LogP) is 3.21. The van der Waals surface area contributed by atoms with Crippen LogP contribution in [0.1, 0.15) is 42.7 Å². The van der Waals surface area contributed by atoms with Gasteiger partial charge in [0.25, 0.3) is 0 Å². The van der Waals surface area contributed by atoms with Crippen molar-refractivity contribution >= 4 is 0 Å². The second kappa shape index (κ2) is 4.93. The Hall–Kier alpha value is -1.02. The van der Waals surface area contributed by atoms with Crippen molar-refractivity contribution in [1.82, 2.24) is 4.90 Å². The molecular weight excluding hydrogens is 222 g/mol. The smallest absolute Gasteiger partial charge is 0.119 e. The lowest BCUT2D eigenvalue weighted by Gasteiger charge is -2.23. The van der Waals surface area contributed by atoms with Crippen molar-refractivity contribution in [2.45, 2.75) is 44.1 Å². The van der Waals surface area contributed by atoms with Crippen LogP contribution in [0.15, 0.2) is 18.2 Å². The minimum Gasteiger partial charge on any atom is -0.497 e. The lowest BCUT2D eigenvalue weighted by Crippen LogP contribution is -2.26. The third kappa shape index (κ3) is 2.14. The Morgan fingerprint density at radius 3 is 2.94 bits per heavy atom. The number of methoxy groups -OCH3 is 1. The fourth-order valence-corrected chi connectivity index (χ4v) is 3.64. The summed E-state index contributed by atoms with van der Waals surface area (Å²) in [6.07, 6.45) is 6.66. The molecule has 0 spiro atoms. The van der Waals surface area contributed by atoms with Gasteiger partial charge in [-0.3, -0.25) is 0 Å². The molecule has 1 fully saturated rings. The second-order valence-electron chi connectivity index (χ2n) is 5.81. The molecule has 0 radical (unpaired) electrons. The minimum absolute atomic E-state index is 0.751. The predicted molar refractivity (Wildman–Crippen MR) is 74.3 cm³/mol. The highest BCUT2D eigenvalue weighted by Crippen LogP contribution is 2.40. The van der Waals surface area contributed by atoms with Gasteiger partial charge >= 0.3 is 0 Å². The molecule has 1 aliphatic carbocycles. The molecule has 98 valence electrons. The fraction of sp³-hybridized carbons (Fsp3) is 0.625. The fourth-order valence-electron chi connectivity index (χ4n) is 3.64. The molecule has 18 heavy (non-hydrogen) atoms. The van der Waals surface area contributed by atoms with E-state index in [1.807, 2.05) is 0 Å². The molecule has 0 N–H and O–H groups in total. The Morgan fingerprint density at radius 2 is 2.22 bits per heavy atom. The summed E-state index contributed by atoms with van der Waals surface area (Å²) in [7, 11) is 4.04. The van der Waals surface area contributed by atoms with Crippen molar-refractivity contribution in [2.24, 2.45) is 0 Å². The monoisotopic (exact) mass is 245 g/mol. The summed E-state index contributed by atoms with van der Waals surface area (Å²) >= 11 is 0. The zero-order chi connectivity index (χ0) is 12.5. The van der Waals surface area contributed by atoms with Crippen LogP contribution in [0.3, 0.4) is 0 Å². The van der Waals surface area contributed by atoms with E-state index in [4.69, 9.17) is 4.74 Å². The largest absolute Gasteiger partial charge is 0.497 e. The average molecular weight is 245 g/mol. The summed E-state index contributed by atoms with van der Waals surface area (Å²) in [6.45, 7) is 1.28. The van der Waals surface area contributed by atoms with Crippen LogP contribution >= 0.6 is 0 Å². The Labute approximate surface area is 110 Å². The second-order valence-corrected chi connectivity index (χ2v) is 5.81. The van der Waals surface area contributed by atoms with Crippen molar-refractivity contribution in [1.29, 1.82) is 0 Å². The van der Waals surface area contributed by atoms with E-state index < -0.39 is 0 Å². The molecule has 1 unspecified atom stereocenters. The van der Waals surface area contributed by atoms with E-state index in [0.29, 0.717) is 0 Å². The van der Waals surface area contributed by atoms with Gasteiger partial charge < -0.3 is 9.64 Å². The maximum Gasteiger partial charge on any atom is 0.119 e. The third-order valence-corrected chi connectivity index (χ3v) is 4.78. The van der Waals surface area contributed by atoms with Crippen LogP contribution in [-0.2, 0) is 6.42 Å². The molecule has 1 saturated heterocycles. The first kappa shape index (κ1) is 12.0. The van der Waals surface area contributed by atoms with Gasteiger partial charge in [-0.15, -0.1) is 0 Å². The molecule has 0 aromatic heterocycles. The van der Waals surface area contributed by atoms with Crippen LogP contribution in [0.4, 0.5) is 0 Å². The van der Waals surface area contributed by atoms with E-state index in [-0.39, 0.29) is 0 Å². The van der Waals surface area contributed by atoms with Crippen LogP contribution in [0, 0.1) is 0 Å². The topological polar surface area (TPSA) is 12.5 Å². The van der Waals surface area contributed by atoms with Gasteiger partial charge in [-0.05, 0) is 74.9 Å². The first-order chi connectivity index (χ1) is 8.78. The van der Waals surface area contributed by atoms with Gasteiger partial charge in [0.2, 0.25) is 0 Å². The summed E-state index contributed by atoms with van der Waals surface area (Å²) in [5.41, 5.74) is 3.09. The summed E-state index contributed by atoms with van der Waals surface area (Å²) < 4.78 is 5.37. The molecule has 1 aromatic rings. The summed E-state index contributed by atoms with van der Waals surface area (Å²) in [6, 6.07) is 7.42. The maximum absolute atomic E-state index is 5.37. The van der Waals surface area contributed by atoms with Crippen molar-refractivity contribution in [3.63, 3.8) is 0 Å². The number of aryl methyl sites for hydroxylation is 1. The quantitative estimate of drug-likeness (QED) is 0.811. The molecule has 0 amide bonds. The Kier molecular flexibility index (Phi) is 3.29. The highest BCUT2D eigenvalue weighted by Gasteiger charge is 2.29. The van der Waals surface area contributed by atoms with Gasteiger partial charge in [0.1, 0.15) is 5.75 Å². The van der Waals surface area contributed by atoms with Gasteiger partial charge in [0.05, 0.1) is 7.11 Å². The van der Waals surface area contributed by atoms with E-state index in [1.165, 1.54) is 38.6 Å². The van der Waals surface area contributed by atoms with Crippen LogP contribution in [0.25, 0.3) is 0 Å². The van der Waals surface area contributed by atoms with Crippen LogP contribution in [-0.4, -0.2) is 31.6 Å². The minimum atomic E-state index is 0.751. The first-order valence-corrected chi connectivity index (χ1v) is 7.15. The van der Waals surface area contributed by atoms with Crippen LogP contribution in [0.5, 0.6) is 5.75 Å². The van der Waals surface area contributed by atoms with Crippen LogP contribution in [0.2, 0.25) is 0 Å². The zero-order valence-corrected chi connectivity index (χ0v) is 11.5. The van der Waals surface area contributed by atoms with Gasteiger partial charge in [0, 0.05) is 6.04 Å². The number of fused-ring (bicyclic) bond motifs is 1. The molecule has 0 saturated carbocycles. The van der Waals surface area contributed by atoms with Crippen molar-refractivity contribution in [2.75, 3.05) is 20.7 Å². The molecule has 2 heteroatoms. The molecule has 1 aliphatic heterocycles. The summed E-state index contributed by atoms with van der Waals surface area (Å²) in [5.74, 6) is 1.76. The maximum atomic E-state index is 5.37. The Balaban J connectivity index is 1.76. The van der Waals surface area contributed by atoms with E-state index in [1.54, 1.807) is 18.2 Å². The van der Waals surface area contributed by atoms with E-state index >= 15 is 0 Å². The number of hydrogen-bond acceptors (Lipinski definition) is 2. The normalized spacial score (nSPS) is 27.4. The summed E-state index contributed by atoms with van der Waals surface area (Å²) in [5, 5.41) is 0. The lowest BCUT2D eigenvalue weighted by atomic mass is 9.92. The van der Waals surface area contributed by atoms with Crippen molar-refractivity contribution in [3.05, 3.63) is 29.3 Å². The molecule has 0 bridgehead atoms. The molecule has 2 aliphatic rings. The number of likely N-dealkylation sites (tertiary alicyclic amines) is 1.